The van der Waals surface area contributed by atoms with Crippen LogP contribution >= 0.6 is 0 Å². The molecule has 2 aromatic rings. The number of carbonyl (C=O) groups is 1. The third-order valence-corrected chi connectivity index (χ3v) is 4.34. The van der Waals surface area contributed by atoms with Gasteiger partial charge >= 0.3 is 0 Å². The zero-order valence-electron chi connectivity index (χ0n) is 14.5. The number of amides is 1. The fourth-order valence-electron chi connectivity index (χ4n) is 2.87. The molecule has 1 aliphatic heterocycles. The summed E-state index contributed by atoms with van der Waals surface area (Å²) < 4.78 is 15.9. The number of aromatic nitrogens is 1. The predicted octanol–water partition coefficient (Wildman–Crippen LogP) is 3.01. The van der Waals surface area contributed by atoms with Crippen molar-refractivity contribution in [3.63, 3.8) is 0 Å². The van der Waals surface area contributed by atoms with Crippen molar-refractivity contribution in [3.8, 4) is 11.5 Å². The maximum Gasteiger partial charge on any atom is 0.292 e. The second-order valence-corrected chi connectivity index (χ2v) is 6.22. The molecule has 0 saturated carbocycles. The van der Waals surface area contributed by atoms with Gasteiger partial charge in [-0.3, -0.25) is 4.79 Å². The van der Waals surface area contributed by atoms with Crippen molar-refractivity contribution < 1.29 is 18.8 Å². The predicted molar refractivity (Wildman–Crippen MR) is 88.6 cm³/mol. The fourth-order valence-corrected chi connectivity index (χ4v) is 2.87. The van der Waals surface area contributed by atoms with Crippen molar-refractivity contribution in [2.45, 2.75) is 32.7 Å². The molecule has 0 N–H and O–H groups in total. The first-order valence-electron chi connectivity index (χ1n) is 8.03. The molecule has 6 nitrogen and oxygen atoms in total. The first kappa shape index (κ1) is 16.4. The summed E-state index contributed by atoms with van der Waals surface area (Å²) in [7, 11) is 3.23. The Morgan fingerprint density at radius 2 is 1.83 bits per heavy atom. The van der Waals surface area contributed by atoms with Gasteiger partial charge in [-0.05, 0) is 35.6 Å². The summed E-state index contributed by atoms with van der Waals surface area (Å²) in [6, 6.07) is 5.66. The Morgan fingerprint density at radius 3 is 2.42 bits per heavy atom. The fraction of sp³-hybridized carbons (Fsp3) is 0.444. The summed E-state index contributed by atoms with van der Waals surface area (Å²) in [6.45, 7) is 5.19. The second kappa shape index (κ2) is 6.55. The molecule has 0 atom stereocenters. The van der Waals surface area contributed by atoms with Gasteiger partial charge in [0.25, 0.3) is 5.91 Å². The minimum Gasteiger partial charge on any atom is -0.493 e. The highest BCUT2D eigenvalue weighted by Crippen LogP contribution is 2.33. The van der Waals surface area contributed by atoms with E-state index in [0.29, 0.717) is 30.3 Å². The largest absolute Gasteiger partial charge is 0.493 e. The Hall–Kier alpha value is -2.50. The molecule has 1 aliphatic rings. The molecule has 1 aromatic heterocycles. The van der Waals surface area contributed by atoms with Crippen molar-refractivity contribution in [2.24, 2.45) is 0 Å². The van der Waals surface area contributed by atoms with Gasteiger partial charge in [-0.1, -0.05) is 19.0 Å². The molecule has 0 spiro atoms. The Morgan fingerprint density at radius 1 is 1.17 bits per heavy atom. The van der Waals surface area contributed by atoms with E-state index in [0.717, 1.165) is 17.7 Å². The second-order valence-electron chi connectivity index (χ2n) is 6.22. The lowest BCUT2D eigenvalue weighted by atomic mass is 9.98. The van der Waals surface area contributed by atoms with E-state index in [2.05, 4.69) is 5.16 Å². The first-order chi connectivity index (χ1) is 11.5. The highest BCUT2D eigenvalue weighted by molar-refractivity contribution is 5.91. The summed E-state index contributed by atoms with van der Waals surface area (Å²) in [6.07, 6.45) is 0.770. The third kappa shape index (κ3) is 2.96. The molecule has 128 valence electrons. The zero-order valence-corrected chi connectivity index (χ0v) is 14.5. The van der Waals surface area contributed by atoms with Gasteiger partial charge in [-0.2, -0.15) is 0 Å². The van der Waals surface area contributed by atoms with Gasteiger partial charge < -0.3 is 18.9 Å². The van der Waals surface area contributed by atoms with E-state index in [9.17, 15) is 4.79 Å². The maximum absolute atomic E-state index is 12.7. The quantitative estimate of drug-likeness (QED) is 0.862. The normalized spacial score (nSPS) is 13.8. The lowest BCUT2D eigenvalue weighted by molar-refractivity contribution is 0.0692. The summed E-state index contributed by atoms with van der Waals surface area (Å²) in [5.74, 6) is 1.78. The van der Waals surface area contributed by atoms with Crippen molar-refractivity contribution in [1.29, 1.82) is 0 Å². The minimum absolute atomic E-state index is 0.130. The summed E-state index contributed by atoms with van der Waals surface area (Å²) in [4.78, 5) is 14.4. The number of rotatable bonds is 4. The average Bonchev–Trinajstić information content (AvgIpc) is 3.09. The van der Waals surface area contributed by atoms with Crippen molar-refractivity contribution in [1.82, 2.24) is 10.1 Å². The average molecular weight is 330 g/mol. The molecule has 1 amide bonds. The molecule has 0 saturated heterocycles. The topological polar surface area (TPSA) is 64.8 Å². The smallest absolute Gasteiger partial charge is 0.292 e. The van der Waals surface area contributed by atoms with Crippen LogP contribution in [0, 0.1) is 0 Å². The van der Waals surface area contributed by atoms with Crippen LogP contribution < -0.4 is 9.47 Å². The maximum atomic E-state index is 12.7. The summed E-state index contributed by atoms with van der Waals surface area (Å²) >= 11 is 0. The summed E-state index contributed by atoms with van der Waals surface area (Å²) in [5.41, 5.74) is 3.04. The lowest BCUT2D eigenvalue weighted by Gasteiger charge is -2.28. The Bertz CT molecular complexity index is 751. The van der Waals surface area contributed by atoms with Gasteiger partial charge in [0.2, 0.25) is 5.76 Å². The number of hydrogen-bond acceptors (Lipinski definition) is 5. The number of fused-ring (bicyclic) bond motifs is 1. The summed E-state index contributed by atoms with van der Waals surface area (Å²) in [5, 5.41) is 3.97. The number of methoxy groups -OCH3 is 2. The van der Waals surface area contributed by atoms with Gasteiger partial charge in [-0.15, -0.1) is 0 Å². The Balaban J connectivity index is 1.82. The van der Waals surface area contributed by atoms with E-state index in [1.807, 2.05) is 26.0 Å². The monoisotopic (exact) mass is 330 g/mol. The van der Waals surface area contributed by atoms with E-state index in [4.69, 9.17) is 14.0 Å². The van der Waals surface area contributed by atoms with Crippen LogP contribution in [0.1, 0.15) is 47.1 Å². The minimum atomic E-state index is -0.130. The Labute approximate surface area is 141 Å². The van der Waals surface area contributed by atoms with Crippen molar-refractivity contribution in [2.75, 3.05) is 20.8 Å². The number of nitrogens with zero attached hydrogens (tertiary/aromatic N) is 2. The molecule has 1 aromatic carbocycles. The van der Waals surface area contributed by atoms with Crippen LogP contribution in [-0.2, 0) is 13.0 Å². The molecule has 6 heteroatoms. The van der Waals surface area contributed by atoms with Gasteiger partial charge in [0.1, 0.15) is 0 Å². The number of benzene rings is 1. The SMILES string of the molecule is COc1cc2c(cc1OC)CN(C(=O)c1cc(C(C)C)no1)CC2. The molecule has 0 bridgehead atoms. The molecule has 3 rings (SSSR count). The van der Waals surface area contributed by atoms with Crippen LogP contribution in [0.15, 0.2) is 22.7 Å². The van der Waals surface area contributed by atoms with E-state index >= 15 is 0 Å². The third-order valence-electron chi connectivity index (χ3n) is 4.34. The van der Waals surface area contributed by atoms with E-state index in [-0.39, 0.29) is 11.8 Å². The van der Waals surface area contributed by atoms with Gasteiger partial charge in [0.05, 0.1) is 19.9 Å². The van der Waals surface area contributed by atoms with Crippen LogP contribution in [-0.4, -0.2) is 36.7 Å². The van der Waals surface area contributed by atoms with Gasteiger partial charge in [-0.25, -0.2) is 0 Å². The van der Waals surface area contributed by atoms with Crippen LogP contribution in [0.25, 0.3) is 0 Å². The molecular formula is C18H22N2O4. The molecule has 2 heterocycles. The van der Waals surface area contributed by atoms with Crippen molar-refractivity contribution >= 4 is 5.91 Å². The highest BCUT2D eigenvalue weighted by Gasteiger charge is 2.26. The molecular weight excluding hydrogens is 308 g/mol. The van der Waals surface area contributed by atoms with Crippen LogP contribution in [0.3, 0.4) is 0 Å². The molecule has 24 heavy (non-hydrogen) atoms. The molecule has 0 radical (unpaired) electrons. The van der Waals surface area contributed by atoms with E-state index < -0.39 is 0 Å². The van der Waals surface area contributed by atoms with E-state index in [1.54, 1.807) is 25.2 Å². The van der Waals surface area contributed by atoms with Gasteiger partial charge in [0.15, 0.2) is 11.5 Å². The highest BCUT2D eigenvalue weighted by atomic mass is 16.5. The Kier molecular flexibility index (Phi) is 4.46. The van der Waals surface area contributed by atoms with Crippen LogP contribution in [0.2, 0.25) is 0 Å². The van der Waals surface area contributed by atoms with E-state index in [1.165, 1.54) is 5.56 Å². The lowest BCUT2D eigenvalue weighted by Crippen LogP contribution is -2.35. The first-order valence-corrected chi connectivity index (χ1v) is 8.03. The molecule has 0 unspecified atom stereocenters. The van der Waals surface area contributed by atoms with Crippen LogP contribution in [0.5, 0.6) is 11.5 Å². The van der Waals surface area contributed by atoms with Crippen LogP contribution in [0.4, 0.5) is 0 Å². The number of hydrogen-bond donors (Lipinski definition) is 0. The van der Waals surface area contributed by atoms with Gasteiger partial charge in [0, 0.05) is 19.2 Å². The number of ether oxygens (including phenoxy) is 2. The standard InChI is InChI=1S/C18H22N2O4/c1-11(2)14-9-17(24-19-14)18(21)20-6-5-12-7-15(22-3)16(23-4)8-13(12)10-20/h7-9,11H,5-6,10H2,1-4H3. The zero-order chi connectivity index (χ0) is 17.3. The molecule has 0 aliphatic carbocycles. The number of carbonyl (C=O) groups excluding carboxylic acids is 1. The van der Waals surface area contributed by atoms with Crippen molar-refractivity contribution in [3.05, 3.63) is 40.8 Å². The molecule has 0 fully saturated rings.